The van der Waals surface area contributed by atoms with Crippen LogP contribution in [0, 0.1) is 0 Å². The van der Waals surface area contributed by atoms with Gasteiger partial charge in [0, 0.05) is 24.8 Å². The molecule has 1 aliphatic rings. The van der Waals surface area contributed by atoms with Crippen LogP contribution in [0.15, 0.2) is 30.3 Å². The molecule has 0 aliphatic carbocycles. The Morgan fingerprint density at radius 2 is 1.91 bits per heavy atom. The van der Waals surface area contributed by atoms with Crippen molar-refractivity contribution >= 4 is 24.0 Å². The Bertz CT molecular complexity index is 456. The Hall–Kier alpha value is -1.26. The molecule has 1 unspecified atom stereocenters. The molecule has 3 N–H and O–H groups in total. The molecule has 1 aromatic carbocycles. The number of carbonyl (C=O) groups is 1. The second kappa shape index (κ2) is 8.39. The third-order valence-electron chi connectivity index (χ3n) is 4.24. The van der Waals surface area contributed by atoms with Crippen LogP contribution in [-0.4, -0.2) is 30.6 Å². The SMILES string of the molecule is CCCC(C)(N)C(=O)NC1CCN(c2ccccc2)CC1.Cl. The van der Waals surface area contributed by atoms with E-state index in [0.717, 1.165) is 38.8 Å². The minimum Gasteiger partial charge on any atom is -0.371 e. The third kappa shape index (κ3) is 4.89. The highest BCUT2D eigenvalue weighted by molar-refractivity contribution is 5.86. The smallest absolute Gasteiger partial charge is 0.240 e. The molecule has 5 heteroatoms. The predicted octanol–water partition coefficient (Wildman–Crippen LogP) is 2.71. The van der Waals surface area contributed by atoms with Gasteiger partial charge in [-0.3, -0.25) is 4.79 Å². The molecule has 2 rings (SSSR count). The number of para-hydroxylation sites is 1. The quantitative estimate of drug-likeness (QED) is 0.875. The number of hydrogen-bond donors (Lipinski definition) is 2. The van der Waals surface area contributed by atoms with Crippen LogP contribution in [0.4, 0.5) is 5.69 Å². The molecule has 22 heavy (non-hydrogen) atoms. The molecule has 0 spiro atoms. The molecule has 1 atom stereocenters. The van der Waals surface area contributed by atoms with E-state index in [2.05, 4.69) is 41.4 Å². The summed E-state index contributed by atoms with van der Waals surface area (Å²) in [5.41, 5.74) is 6.60. The second-order valence-electron chi connectivity index (χ2n) is 6.24. The second-order valence-corrected chi connectivity index (χ2v) is 6.24. The molecule has 1 saturated heterocycles. The Labute approximate surface area is 139 Å². The number of nitrogens with one attached hydrogen (secondary N) is 1. The number of anilines is 1. The molecule has 4 nitrogen and oxygen atoms in total. The van der Waals surface area contributed by atoms with Crippen LogP contribution in [0.3, 0.4) is 0 Å². The van der Waals surface area contributed by atoms with Gasteiger partial charge < -0.3 is 16.0 Å². The maximum Gasteiger partial charge on any atom is 0.240 e. The van der Waals surface area contributed by atoms with Crippen molar-refractivity contribution in [2.24, 2.45) is 5.73 Å². The first-order valence-electron chi connectivity index (χ1n) is 7.93. The molecule has 1 aliphatic heterocycles. The first-order valence-corrected chi connectivity index (χ1v) is 7.93. The highest BCUT2D eigenvalue weighted by Gasteiger charge is 2.30. The van der Waals surface area contributed by atoms with Gasteiger partial charge in [0.1, 0.15) is 0 Å². The maximum atomic E-state index is 12.2. The Balaban J connectivity index is 0.00000242. The number of carbonyl (C=O) groups excluding carboxylic acids is 1. The average molecular weight is 326 g/mol. The normalized spacial score (nSPS) is 18.2. The van der Waals surface area contributed by atoms with Crippen LogP contribution in [0.2, 0.25) is 0 Å². The van der Waals surface area contributed by atoms with Gasteiger partial charge >= 0.3 is 0 Å². The first kappa shape index (κ1) is 18.8. The molecule has 0 aromatic heterocycles. The Morgan fingerprint density at radius 3 is 2.45 bits per heavy atom. The highest BCUT2D eigenvalue weighted by Crippen LogP contribution is 2.20. The summed E-state index contributed by atoms with van der Waals surface area (Å²) in [4.78, 5) is 14.6. The van der Waals surface area contributed by atoms with E-state index in [1.807, 2.05) is 13.0 Å². The summed E-state index contributed by atoms with van der Waals surface area (Å²) in [5.74, 6) is -0.0116. The van der Waals surface area contributed by atoms with Gasteiger partial charge in [-0.2, -0.15) is 0 Å². The van der Waals surface area contributed by atoms with Crippen LogP contribution in [0.25, 0.3) is 0 Å². The summed E-state index contributed by atoms with van der Waals surface area (Å²) < 4.78 is 0. The van der Waals surface area contributed by atoms with Crippen molar-refractivity contribution in [3.8, 4) is 0 Å². The summed E-state index contributed by atoms with van der Waals surface area (Å²) in [6, 6.07) is 10.7. The topological polar surface area (TPSA) is 58.4 Å². The van der Waals surface area contributed by atoms with Crippen molar-refractivity contribution in [1.29, 1.82) is 0 Å². The van der Waals surface area contributed by atoms with Crippen molar-refractivity contribution in [3.63, 3.8) is 0 Å². The lowest BCUT2D eigenvalue weighted by Crippen LogP contribution is -2.55. The first-order chi connectivity index (χ1) is 10.0. The van der Waals surface area contributed by atoms with Gasteiger partial charge in [0.05, 0.1) is 5.54 Å². The largest absolute Gasteiger partial charge is 0.371 e. The lowest BCUT2D eigenvalue weighted by atomic mass is 9.95. The molecule has 0 bridgehead atoms. The van der Waals surface area contributed by atoms with E-state index in [0.29, 0.717) is 0 Å². The van der Waals surface area contributed by atoms with Crippen molar-refractivity contribution in [1.82, 2.24) is 5.32 Å². The van der Waals surface area contributed by atoms with Gasteiger partial charge in [0.15, 0.2) is 0 Å². The van der Waals surface area contributed by atoms with E-state index in [1.165, 1.54) is 5.69 Å². The predicted molar refractivity (Wildman–Crippen MR) is 94.6 cm³/mol. The summed E-state index contributed by atoms with van der Waals surface area (Å²) in [7, 11) is 0. The van der Waals surface area contributed by atoms with Crippen LogP contribution in [0.5, 0.6) is 0 Å². The van der Waals surface area contributed by atoms with E-state index in [1.54, 1.807) is 0 Å². The molecule has 1 aromatic rings. The standard InChI is InChI=1S/C17H27N3O.ClH/c1-3-11-17(2,18)16(21)19-14-9-12-20(13-10-14)15-7-5-4-6-8-15;/h4-8,14H,3,9-13,18H2,1-2H3,(H,19,21);1H. The fourth-order valence-corrected chi connectivity index (χ4v) is 2.90. The number of hydrogen-bond acceptors (Lipinski definition) is 3. The van der Waals surface area contributed by atoms with Gasteiger partial charge in [0.2, 0.25) is 5.91 Å². The fraction of sp³-hybridized carbons (Fsp3) is 0.588. The number of nitrogens with two attached hydrogens (primary N) is 1. The molecule has 1 heterocycles. The van der Waals surface area contributed by atoms with E-state index < -0.39 is 5.54 Å². The van der Waals surface area contributed by atoms with Crippen LogP contribution < -0.4 is 16.0 Å². The fourth-order valence-electron chi connectivity index (χ4n) is 2.90. The monoisotopic (exact) mass is 325 g/mol. The number of piperidine rings is 1. The van der Waals surface area contributed by atoms with E-state index in [4.69, 9.17) is 5.73 Å². The lowest BCUT2D eigenvalue weighted by molar-refractivity contribution is -0.126. The summed E-state index contributed by atoms with van der Waals surface area (Å²) in [6.45, 7) is 5.83. The molecule has 0 saturated carbocycles. The van der Waals surface area contributed by atoms with Crippen LogP contribution in [0.1, 0.15) is 39.5 Å². The molecule has 1 fully saturated rings. The van der Waals surface area contributed by atoms with Crippen molar-refractivity contribution in [3.05, 3.63) is 30.3 Å². The summed E-state index contributed by atoms with van der Waals surface area (Å²) >= 11 is 0. The number of nitrogens with zero attached hydrogens (tertiary/aromatic N) is 1. The number of amides is 1. The average Bonchev–Trinajstić information content (AvgIpc) is 2.49. The molecular weight excluding hydrogens is 298 g/mol. The molecular formula is C17H28ClN3O. The van der Waals surface area contributed by atoms with Gasteiger partial charge in [-0.1, -0.05) is 31.5 Å². The van der Waals surface area contributed by atoms with Gasteiger partial charge in [-0.25, -0.2) is 0 Å². The van der Waals surface area contributed by atoms with Crippen LogP contribution in [-0.2, 0) is 4.79 Å². The summed E-state index contributed by atoms with van der Waals surface area (Å²) in [5, 5.41) is 3.13. The van der Waals surface area contributed by atoms with Crippen molar-refractivity contribution < 1.29 is 4.79 Å². The minimum atomic E-state index is -0.745. The van der Waals surface area contributed by atoms with Crippen LogP contribution >= 0.6 is 12.4 Å². The van der Waals surface area contributed by atoms with Crippen molar-refractivity contribution in [2.45, 2.75) is 51.1 Å². The van der Waals surface area contributed by atoms with E-state index in [-0.39, 0.29) is 24.4 Å². The zero-order valence-corrected chi connectivity index (χ0v) is 14.4. The Morgan fingerprint density at radius 1 is 1.32 bits per heavy atom. The zero-order chi connectivity index (χ0) is 15.3. The number of halogens is 1. The van der Waals surface area contributed by atoms with Gasteiger partial charge in [-0.15, -0.1) is 12.4 Å². The highest BCUT2D eigenvalue weighted by atomic mass is 35.5. The number of rotatable bonds is 5. The Kier molecular flexibility index (Phi) is 7.17. The minimum absolute atomic E-state index is 0. The molecule has 1 amide bonds. The molecule has 124 valence electrons. The lowest BCUT2D eigenvalue weighted by Gasteiger charge is -2.35. The maximum absolute atomic E-state index is 12.2. The third-order valence-corrected chi connectivity index (χ3v) is 4.24. The zero-order valence-electron chi connectivity index (χ0n) is 13.5. The van der Waals surface area contributed by atoms with Crippen molar-refractivity contribution in [2.75, 3.05) is 18.0 Å². The number of benzene rings is 1. The van der Waals surface area contributed by atoms with E-state index >= 15 is 0 Å². The molecule has 0 radical (unpaired) electrons. The summed E-state index contributed by atoms with van der Waals surface area (Å²) in [6.07, 6.45) is 3.60. The van der Waals surface area contributed by atoms with E-state index in [9.17, 15) is 4.79 Å². The van der Waals surface area contributed by atoms with Gasteiger partial charge in [-0.05, 0) is 38.3 Å². The van der Waals surface area contributed by atoms with Gasteiger partial charge in [0.25, 0.3) is 0 Å².